The molecule has 7 heterocycles. The Hall–Kier alpha value is -13.6. The fraction of sp³-hybridized carbons (Fsp3) is 0.0964. The van der Waals surface area contributed by atoms with Crippen molar-refractivity contribution >= 4 is 63.2 Å². The molecule has 0 amide bonds. The monoisotopic (exact) mass is 1350 g/mol. The van der Waals surface area contributed by atoms with E-state index in [1.54, 1.807) is 45.2 Å². The molecule has 102 heavy (non-hydrogen) atoms. The zero-order valence-corrected chi connectivity index (χ0v) is 55.7. The molecule has 0 atom stereocenters. The summed E-state index contributed by atoms with van der Waals surface area (Å²) in [4.78, 5) is 50.3. The van der Waals surface area contributed by atoms with Crippen molar-refractivity contribution in [1.29, 1.82) is 0 Å². The highest BCUT2D eigenvalue weighted by molar-refractivity contribution is 6.05. The van der Waals surface area contributed by atoms with Gasteiger partial charge in [0.05, 0.1) is 81.5 Å². The first-order valence-corrected chi connectivity index (χ1v) is 32.8. The minimum atomic E-state index is -1.03. The zero-order chi connectivity index (χ0) is 70.5. The smallest absolute Gasteiger partial charge is 0.336 e. The summed E-state index contributed by atoms with van der Waals surface area (Å²) in [5, 5.41) is 45.0. The van der Waals surface area contributed by atoms with Gasteiger partial charge < -0.3 is 33.9 Å². The molecule has 15 rings (SSSR count). The van der Waals surface area contributed by atoms with E-state index in [9.17, 15) is 29.7 Å². The number of furan rings is 1. The van der Waals surface area contributed by atoms with Crippen molar-refractivity contribution in [3.8, 4) is 46.0 Å². The predicted molar refractivity (Wildman–Crippen MR) is 391 cm³/mol. The van der Waals surface area contributed by atoms with E-state index in [-0.39, 0.29) is 16.7 Å². The molecule has 0 fully saturated rings. The predicted octanol–water partition coefficient (Wildman–Crippen LogP) is 18.1. The Labute approximate surface area is 586 Å². The van der Waals surface area contributed by atoms with Crippen LogP contribution < -0.4 is 14.2 Å². The van der Waals surface area contributed by atoms with Gasteiger partial charge in [0.1, 0.15) is 40.2 Å². The number of carboxylic acids is 3. The SMILES string of the molecule is Cc1nn(Cc2ccc(Oc3ccccc3)cc2)c2nc(-c3ccco3)cc(C(=O)O)c12.Cc1nn(Cc2ccc(Oc3ccccc3)cc2)c2nc(/C=C/c3ccccc3)cc(C(=O)O)c12.Cc1nn(Cc2ccc(Oc3ccccc3)cc2)c2nc(CCc3ccccc3)cc(C(=O)O)c12. The van der Waals surface area contributed by atoms with E-state index in [4.69, 9.17) is 28.6 Å². The number of pyridine rings is 3. The van der Waals surface area contributed by atoms with E-state index in [1.807, 2.05) is 238 Å². The van der Waals surface area contributed by atoms with Gasteiger partial charge in [-0.05, 0) is 171 Å². The number of benzene rings is 8. The van der Waals surface area contributed by atoms with Crippen LogP contribution in [-0.2, 0) is 32.5 Å². The molecule has 0 bridgehead atoms. The molecule has 0 aliphatic heterocycles. The van der Waals surface area contributed by atoms with Crippen molar-refractivity contribution in [3.05, 3.63) is 334 Å². The van der Waals surface area contributed by atoms with E-state index in [0.29, 0.717) is 93.4 Å². The summed E-state index contributed by atoms with van der Waals surface area (Å²) in [6.07, 6.45) is 6.70. The van der Waals surface area contributed by atoms with Crippen LogP contribution in [-0.4, -0.2) is 77.5 Å². The molecule has 0 aliphatic rings. The molecule has 8 aromatic carbocycles. The van der Waals surface area contributed by atoms with Gasteiger partial charge in [0.2, 0.25) is 0 Å². The zero-order valence-electron chi connectivity index (χ0n) is 55.7. The topological polar surface area (TPSA) is 245 Å². The Balaban J connectivity index is 0.000000137. The van der Waals surface area contributed by atoms with E-state index in [0.717, 1.165) is 68.9 Å². The van der Waals surface area contributed by atoms with Crippen molar-refractivity contribution in [1.82, 2.24) is 44.3 Å². The minimum Gasteiger partial charge on any atom is -0.478 e. The highest BCUT2D eigenvalue weighted by atomic mass is 16.5. The van der Waals surface area contributed by atoms with Crippen molar-refractivity contribution < 1.29 is 48.3 Å². The molecular weight excluding hydrogens is 1280 g/mol. The highest BCUT2D eigenvalue weighted by Crippen LogP contribution is 2.32. The number of rotatable bonds is 21. The van der Waals surface area contributed by atoms with Crippen LogP contribution in [0.4, 0.5) is 0 Å². The quantitative estimate of drug-likeness (QED) is 0.0605. The number of aryl methyl sites for hydroxylation is 5. The summed E-state index contributed by atoms with van der Waals surface area (Å²) in [5.74, 6) is 2.03. The van der Waals surface area contributed by atoms with Crippen LogP contribution in [0.25, 0.3) is 56.7 Å². The van der Waals surface area contributed by atoms with Crippen LogP contribution in [0.5, 0.6) is 34.5 Å². The molecule has 0 aliphatic carbocycles. The molecule has 19 heteroatoms. The third-order valence-electron chi connectivity index (χ3n) is 16.6. The van der Waals surface area contributed by atoms with Crippen LogP contribution >= 0.6 is 0 Å². The summed E-state index contributed by atoms with van der Waals surface area (Å²) in [5.41, 5.74) is 11.1. The first-order valence-electron chi connectivity index (χ1n) is 32.8. The van der Waals surface area contributed by atoms with Gasteiger partial charge >= 0.3 is 17.9 Å². The fourth-order valence-electron chi connectivity index (χ4n) is 11.8. The molecule has 504 valence electrons. The number of carbonyl (C=O) groups is 3. The van der Waals surface area contributed by atoms with Gasteiger partial charge in [-0.1, -0.05) is 158 Å². The minimum absolute atomic E-state index is 0.150. The van der Waals surface area contributed by atoms with Crippen LogP contribution in [0.15, 0.2) is 265 Å². The Kier molecular flexibility index (Phi) is 20.3. The lowest BCUT2D eigenvalue weighted by Crippen LogP contribution is -2.06. The van der Waals surface area contributed by atoms with Crippen LogP contribution in [0.1, 0.15) is 87.4 Å². The van der Waals surface area contributed by atoms with Gasteiger partial charge in [-0.3, -0.25) is 0 Å². The lowest BCUT2D eigenvalue weighted by Gasteiger charge is -2.09. The van der Waals surface area contributed by atoms with Crippen LogP contribution in [0, 0.1) is 20.8 Å². The van der Waals surface area contributed by atoms with Crippen molar-refractivity contribution in [2.24, 2.45) is 0 Å². The molecule has 19 nitrogen and oxygen atoms in total. The Bertz CT molecular complexity index is 5440. The average molecular weight is 1350 g/mol. The Morgan fingerprint density at radius 1 is 0.382 bits per heavy atom. The summed E-state index contributed by atoms with van der Waals surface area (Å²) >= 11 is 0. The lowest BCUT2D eigenvalue weighted by atomic mass is 10.0. The van der Waals surface area contributed by atoms with E-state index >= 15 is 0 Å². The average Bonchev–Trinajstić information content (AvgIpc) is 1.65. The first kappa shape index (κ1) is 67.0. The number of fused-ring (bicyclic) bond motifs is 3. The van der Waals surface area contributed by atoms with Gasteiger partial charge in [0, 0.05) is 5.69 Å². The second-order valence-electron chi connectivity index (χ2n) is 23.9. The van der Waals surface area contributed by atoms with Crippen LogP contribution in [0.3, 0.4) is 0 Å². The highest BCUT2D eigenvalue weighted by Gasteiger charge is 2.23. The molecule has 0 spiro atoms. The summed E-state index contributed by atoms with van der Waals surface area (Å²) in [6, 6.07) is 80.3. The normalized spacial score (nSPS) is 11.1. The summed E-state index contributed by atoms with van der Waals surface area (Å²) < 4.78 is 28.3. The third-order valence-corrected chi connectivity index (χ3v) is 16.6. The fourth-order valence-corrected chi connectivity index (χ4v) is 11.8. The molecule has 0 radical (unpaired) electrons. The summed E-state index contributed by atoms with van der Waals surface area (Å²) in [6.45, 7) is 6.79. The number of aromatic nitrogens is 9. The van der Waals surface area contributed by atoms with Crippen LogP contribution in [0.2, 0.25) is 0 Å². The molecule has 0 saturated carbocycles. The first-order chi connectivity index (χ1) is 49.7. The maximum absolute atomic E-state index is 12.1. The molecule has 7 aromatic heterocycles. The molecule has 15 aromatic rings. The lowest BCUT2D eigenvalue weighted by molar-refractivity contribution is 0.0688. The van der Waals surface area contributed by atoms with E-state index < -0.39 is 17.9 Å². The Morgan fingerprint density at radius 2 is 0.755 bits per heavy atom. The number of carboxylic acid groups (broad SMARTS) is 3. The van der Waals surface area contributed by atoms with E-state index in [2.05, 4.69) is 32.4 Å². The van der Waals surface area contributed by atoms with Gasteiger partial charge in [-0.15, -0.1) is 0 Å². The van der Waals surface area contributed by atoms with Crippen molar-refractivity contribution in [2.45, 2.75) is 53.2 Å². The van der Waals surface area contributed by atoms with Crippen molar-refractivity contribution in [3.63, 3.8) is 0 Å². The van der Waals surface area contributed by atoms with E-state index in [1.165, 1.54) is 17.9 Å². The standard InChI is InChI=1S/C29H25N3O3.C29H23N3O3.C25H19N3O4/c2*1-20-27-26(29(33)34)18-23(15-12-21-8-4-2-5-9-21)30-28(27)32(31-20)19-22-13-16-25(17-14-22)35-24-10-6-3-7-11-24;1-16-23-20(25(29)30)14-21(22-8-5-13-31-22)26-24(23)28(27-16)15-17-9-11-19(12-10-17)32-18-6-3-2-4-7-18/h2-11,13-14,16-18H,12,15,19H2,1H3,(H,33,34);2-18H,19H2,1H3,(H,33,34);2-14H,15H2,1H3,(H,29,30)/b;15-12+;. The number of aromatic carboxylic acids is 3. The molecule has 0 unspecified atom stereocenters. The molecular formula is C83H67N9O10. The second-order valence-corrected chi connectivity index (χ2v) is 23.9. The molecule has 0 saturated heterocycles. The second kappa shape index (κ2) is 30.9. The van der Waals surface area contributed by atoms with Gasteiger partial charge in [-0.25, -0.2) is 43.4 Å². The maximum Gasteiger partial charge on any atom is 0.336 e. The summed E-state index contributed by atoms with van der Waals surface area (Å²) in [7, 11) is 0. The molecule has 3 N–H and O–H groups in total. The number of nitrogens with zero attached hydrogens (tertiary/aromatic N) is 9. The Morgan fingerprint density at radius 3 is 1.17 bits per heavy atom. The third kappa shape index (κ3) is 16.2. The largest absolute Gasteiger partial charge is 0.478 e. The number of para-hydroxylation sites is 3. The van der Waals surface area contributed by atoms with Gasteiger partial charge in [0.15, 0.2) is 22.7 Å². The number of hydrogen-bond acceptors (Lipinski definition) is 13. The number of hydrogen-bond donors (Lipinski definition) is 3. The maximum atomic E-state index is 12.1. The van der Waals surface area contributed by atoms with Gasteiger partial charge in [-0.2, -0.15) is 15.3 Å². The van der Waals surface area contributed by atoms with Gasteiger partial charge in [0.25, 0.3) is 0 Å². The number of ether oxygens (including phenoxy) is 3. The van der Waals surface area contributed by atoms with Crippen molar-refractivity contribution in [2.75, 3.05) is 0 Å².